The van der Waals surface area contributed by atoms with Gasteiger partial charge in [0.15, 0.2) is 0 Å². The van der Waals surface area contributed by atoms with Crippen molar-refractivity contribution in [1.29, 1.82) is 0 Å². The number of hydrogen-bond donors (Lipinski definition) is 0. The monoisotopic (exact) mass is 648 g/mol. The maximum atomic E-state index is 14.6. The third kappa shape index (κ3) is 4.09. The molecule has 1 heterocycles. The third-order valence-electron chi connectivity index (χ3n) is 11.0. The highest BCUT2D eigenvalue weighted by Crippen LogP contribution is 2.50. The highest BCUT2D eigenvalue weighted by atomic mass is 32.2. The quantitative estimate of drug-likeness (QED) is 0.141. The fourth-order valence-electron chi connectivity index (χ4n) is 8.75. The summed E-state index contributed by atoms with van der Waals surface area (Å²) in [6.45, 7) is 2.17. The molecule has 8 aromatic carbocycles. The van der Waals surface area contributed by atoms with E-state index in [1.165, 1.54) is 38.2 Å². The summed E-state index contributed by atoms with van der Waals surface area (Å²) >= 11 is 0. The summed E-state index contributed by atoms with van der Waals surface area (Å²) < 4.78 is 29.1. The van der Waals surface area contributed by atoms with Gasteiger partial charge >= 0.3 is 0 Å². The summed E-state index contributed by atoms with van der Waals surface area (Å²) in [6.07, 6.45) is 3.80. The van der Waals surface area contributed by atoms with Crippen LogP contribution < -0.4 is 0 Å². The SMILES string of the molecule is CCC1=Cc2cccc3c2C1Cc1ccc(-c2c4ccccc4c(-c4ccc5c(ccc6ccccc65)c4)c4ccccc24)cc1S3(=O)=O. The van der Waals surface area contributed by atoms with Gasteiger partial charge in [-0.2, -0.15) is 0 Å². The molecule has 0 radical (unpaired) electrons. The van der Waals surface area contributed by atoms with Gasteiger partial charge < -0.3 is 0 Å². The first-order valence-corrected chi connectivity index (χ1v) is 18.6. The van der Waals surface area contributed by atoms with Crippen LogP contribution in [0.3, 0.4) is 0 Å². The molecule has 10 rings (SSSR count). The van der Waals surface area contributed by atoms with Crippen molar-refractivity contribution >= 4 is 59.0 Å². The molecule has 8 aromatic rings. The lowest BCUT2D eigenvalue weighted by molar-refractivity contribution is 0.595. The van der Waals surface area contributed by atoms with E-state index in [-0.39, 0.29) is 5.92 Å². The molecular formula is C46H32O2S. The smallest absolute Gasteiger partial charge is 0.207 e. The highest BCUT2D eigenvalue weighted by Gasteiger charge is 2.37. The molecule has 0 N–H and O–H groups in total. The van der Waals surface area contributed by atoms with Crippen LogP contribution in [0, 0.1) is 0 Å². The molecule has 234 valence electrons. The van der Waals surface area contributed by atoms with Crippen molar-refractivity contribution in [3.8, 4) is 22.3 Å². The zero-order valence-electron chi connectivity index (χ0n) is 27.1. The lowest BCUT2D eigenvalue weighted by Gasteiger charge is -2.19. The topological polar surface area (TPSA) is 34.1 Å². The second-order valence-electron chi connectivity index (χ2n) is 13.5. The minimum absolute atomic E-state index is 0.0963. The van der Waals surface area contributed by atoms with Crippen molar-refractivity contribution in [2.75, 3.05) is 0 Å². The van der Waals surface area contributed by atoms with Crippen molar-refractivity contribution in [3.63, 3.8) is 0 Å². The van der Waals surface area contributed by atoms with Crippen LogP contribution in [0.25, 0.3) is 71.4 Å². The van der Waals surface area contributed by atoms with E-state index >= 15 is 0 Å². The first-order valence-electron chi connectivity index (χ1n) is 17.1. The zero-order chi connectivity index (χ0) is 32.9. The Balaban J connectivity index is 1.22. The van der Waals surface area contributed by atoms with E-state index in [0.29, 0.717) is 16.2 Å². The molecule has 0 saturated carbocycles. The van der Waals surface area contributed by atoms with Gasteiger partial charge in [0.25, 0.3) is 0 Å². The molecule has 1 aliphatic heterocycles. The largest absolute Gasteiger partial charge is 0.218 e. The molecule has 0 bridgehead atoms. The molecule has 49 heavy (non-hydrogen) atoms. The zero-order valence-corrected chi connectivity index (χ0v) is 27.9. The molecule has 0 spiro atoms. The molecule has 3 heteroatoms. The molecule has 0 saturated heterocycles. The number of sulfone groups is 1. The first kappa shape index (κ1) is 28.5. The highest BCUT2D eigenvalue weighted by molar-refractivity contribution is 7.91. The van der Waals surface area contributed by atoms with Gasteiger partial charge in [0, 0.05) is 5.92 Å². The molecule has 0 aromatic heterocycles. The van der Waals surface area contributed by atoms with Crippen molar-refractivity contribution in [1.82, 2.24) is 0 Å². The Morgan fingerprint density at radius 3 is 1.84 bits per heavy atom. The van der Waals surface area contributed by atoms with Crippen LogP contribution in [0.5, 0.6) is 0 Å². The molecular weight excluding hydrogens is 617 g/mol. The van der Waals surface area contributed by atoms with Crippen molar-refractivity contribution < 1.29 is 8.42 Å². The summed E-state index contributed by atoms with van der Waals surface area (Å²) in [7, 11) is -3.74. The second kappa shape index (κ2) is 10.5. The summed E-state index contributed by atoms with van der Waals surface area (Å²) in [6, 6.07) is 48.9. The van der Waals surface area contributed by atoms with Gasteiger partial charge in [-0.3, -0.25) is 0 Å². The van der Waals surface area contributed by atoms with Gasteiger partial charge in [0.05, 0.1) is 9.79 Å². The van der Waals surface area contributed by atoms with E-state index in [9.17, 15) is 8.42 Å². The normalized spacial score (nSPS) is 16.1. The lowest BCUT2D eigenvalue weighted by atomic mass is 9.84. The summed E-state index contributed by atoms with van der Waals surface area (Å²) in [5.41, 5.74) is 8.57. The van der Waals surface area contributed by atoms with Gasteiger partial charge in [-0.1, -0.05) is 140 Å². The van der Waals surface area contributed by atoms with Crippen molar-refractivity contribution in [3.05, 3.63) is 162 Å². The molecule has 2 nitrogen and oxygen atoms in total. The average Bonchev–Trinajstić information content (AvgIpc) is 3.46. The fourth-order valence-corrected chi connectivity index (χ4v) is 10.6. The molecule has 1 aliphatic carbocycles. The Labute approximate surface area is 285 Å². The minimum Gasteiger partial charge on any atom is -0.218 e. The number of hydrogen-bond acceptors (Lipinski definition) is 2. The van der Waals surface area contributed by atoms with Crippen molar-refractivity contribution in [2.24, 2.45) is 0 Å². The van der Waals surface area contributed by atoms with Crippen LogP contribution in [0.4, 0.5) is 0 Å². The minimum atomic E-state index is -3.74. The van der Waals surface area contributed by atoms with E-state index in [1.54, 1.807) is 6.07 Å². The molecule has 0 amide bonds. The molecule has 2 aliphatic rings. The fraction of sp³-hybridized carbons (Fsp3) is 0.0870. The second-order valence-corrected chi connectivity index (χ2v) is 15.4. The predicted octanol–water partition coefficient (Wildman–Crippen LogP) is 11.9. The van der Waals surface area contributed by atoms with Crippen LogP contribution >= 0.6 is 0 Å². The standard InChI is InChI=1S/C46H32O2S/c1-2-28-24-32-11-9-17-42-46(32)41(28)26-31-20-21-34(27-43(31)49(42,47)48)45-39-15-7-5-13-37(39)44(38-14-6-8-16-40(38)45)33-22-23-36-30(25-33)19-18-29-10-3-4-12-35(29)36/h3-25,27,41H,2,26H2,1H3. The van der Waals surface area contributed by atoms with E-state index in [2.05, 4.69) is 134 Å². The summed E-state index contributed by atoms with van der Waals surface area (Å²) in [5, 5.41) is 9.47. The molecule has 1 unspecified atom stereocenters. The molecule has 1 atom stereocenters. The van der Waals surface area contributed by atoms with Gasteiger partial charge in [0.2, 0.25) is 9.84 Å². The van der Waals surface area contributed by atoms with Crippen LogP contribution in [-0.4, -0.2) is 8.42 Å². The van der Waals surface area contributed by atoms with Gasteiger partial charge in [-0.25, -0.2) is 8.42 Å². The van der Waals surface area contributed by atoms with Crippen LogP contribution in [0.15, 0.2) is 155 Å². The Bertz CT molecular complexity index is 2800. The third-order valence-corrected chi connectivity index (χ3v) is 12.9. The number of allylic oxidation sites excluding steroid dienone is 1. The predicted molar refractivity (Wildman–Crippen MR) is 204 cm³/mol. The first-order chi connectivity index (χ1) is 24.0. The van der Waals surface area contributed by atoms with Gasteiger partial charge in [0.1, 0.15) is 0 Å². The number of rotatable bonds is 3. The van der Waals surface area contributed by atoms with E-state index < -0.39 is 9.84 Å². The Morgan fingerprint density at radius 2 is 1.14 bits per heavy atom. The van der Waals surface area contributed by atoms with Crippen LogP contribution in [0.1, 0.15) is 36.0 Å². The van der Waals surface area contributed by atoms with Crippen molar-refractivity contribution in [2.45, 2.75) is 35.5 Å². The summed E-state index contributed by atoms with van der Waals surface area (Å²) in [4.78, 5) is 0.891. The maximum Gasteiger partial charge on any atom is 0.207 e. The van der Waals surface area contributed by atoms with Gasteiger partial charge in [-0.15, -0.1) is 0 Å². The van der Waals surface area contributed by atoms with E-state index in [1.807, 2.05) is 12.1 Å². The lowest BCUT2D eigenvalue weighted by Crippen LogP contribution is -2.06. The Kier molecular flexibility index (Phi) is 6.10. The Morgan fingerprint density at radius 1 is 0.551 bits per heavy atom. The van der Waals surface area contributed by atoms with Crippen LogP contribution in [0.2, 0.25) is 0 Å². The molecule has 0 fully saturated rings. The average molecular weight is 649 g/mol. The Hall–Kier alpha value is -5.51. The summed E-state index contributed by atoms with van der Waals surface area (Å²) in [5.74, 6) is 0.0963. The number of benzene rings is 8. The number of fused-ring (bicyclic) bond motifs is 6. The van der Waals surface area contributed by atoms with Gasteiger partial charge in [-0.05, 0) is 113 Å². The van der Waals surface area contributed by atoms with E-state index in [0.717, 1.165) is 55.8 Å². The van der Waals surface area contributed by atoms with E-state index in [4.69, 9.17) is 0 Å². The van der Waals surface area contributed by atoms with Crippen LogP contribution in [-0.2, 0) is 16.3 Å². The maximum absolute atomic E-state index is 14.6.